The van der Waals surface area contributed by atoms with E-state index in [1.54, 1.807) is 0 Å². The molecule has 1 aliphatic rings. The van der Waals surface area contributed by atoms with Crippen molar-refractivity contribution in [3.05, 3.63) is 12.2 Å². The summed E-state index contributed by atoms with van der Waals surface area (Å²) in [6.45, 7) is 0. The summed E-state index contributed by atoms with van der Waals surface area (Å²) in [4.78, 5) is 2.04. The van der Waals surface area contributed by atoms with Crippen LogP contribution in [-0.4, -0.2) is 24.5 Å². The highest BCUT2D eigenvalue weighted by Crippen LogP contribution is 2.25. The zero-order valence-electron chi connectivity index (χ0n) is 5.84. The summed E-state index contributed by atoms with van der Waals surface area (Å²) in [6.07, 6.45) is 5.47. The number of rotatable bonds is 2. The lowest BCUT2D eigenvalue weighted by Crippen LogP contribution is -2.31. The summed E-state index contributed by atoms with van der Waals surface area (Å²) >= 11 is 5.99. The minimum absolute atomic E-state index is 0.190. The van der Waals surface area contributed by atoms with Crippen molar-refractivity contribution >= 4 is 11.6 Å². The number of alkyl halides is 1. The number of halogens is 1. The highest BCUT2D eigenvalue weighted by molar-refractivity contribution is 6.20. The van der Waals surface area contributed by atoms with E-state index in [1.807, 2.05) is 19.0 Å². The van der Waals surface area contributed by atoms with E-state index in [1.165, 1.54) is 0 Å². The summed E-state index contributed by atoms with van der Waals surface area (Å²) in [6, 6.07) is 0. The predicted octanol–water partition coefficient (Wildman–Crippen LogP) is 1.69. The maximum atomic E-state index is 5.99. The molecule has 0 aromatic rings. The molecule has 0 aliphatic heterocycles. The van der Waals surface area contributed by atoms with E-state index in [0.29, 0.717) is 5.92 Å². The van der Waals surface area contributed by atoms with Crippen molar-refractivity contribution in [3.63, 3.8) is 0 Å². The largest absolute Gasteiger partial charge is 0.293 e. The van der Waals surface area contributed by atoms with Gasteiger partial charge in [-0.1, -0.05) is 12.2 Å². The minimum atomic E-state index is 0.190. The summed E-state index contributed by atoms with van der Waals surface area (Å²) < 4.78 is 0. The molecule has 2 unspecified atom stereocenters. The second-order valence-corrected chi connectivity index (χ2v) is 3.11. The second-order valence-electron chi connectivity index (χ2n) is 2.66. The molecular weight excluding hydrogens is 134 g/mol. The van der Waals surface area contributed by atoms with E-state index in [2.05, 4.69) is 12.2 Å². The van der Waals surface area contributed by atoms with Gasteiger partial charge in [0.1, 0.15) is 0 Å². The third-order valence-corrected chi connectivity index (χ3v) is 2.35. The van der Waals surface area contributed by atoms with Gasteiger partial charge >= 0.3 is 0 Å². The topological polar surface area (TPSA) is 3.24 Å². The summed E-state index contributed by atoms with van der Waals surface area (Å²) in [5.74, 6) is 0.585. The van der Waals surface area contributed by atoms with Gasteiger partial charge in [0.2, 0.25) is 0 Å². The first-order valence-electron chi connectivity index (χ1n) is 3.19. The van der Waals surface area contributed by atoms with Crippen molar-refractivity contribution in [1.82, 2.24) is 4.90 Å². The van der Waals surface area contributed by atoms with Crippen molar-refractivity contribution in [1.29, 1.82) is 0 Å². The minimum Gasteiger partial charge on any atom is -0.293 e. The average Bonchev–Trinajstić information content (AvgIpc) is 1.60. The molecule has 0 aromatic carbocycles. The van der Waals surface area contributed by atoms with Crippen LogP contribution in [-0.2, 0) is 0 Å². The van der Waals surface area contributed by atoms with Crippen molar-refractivity contribution in [2.75, 3.05) is 14.1 Å². The van der Waals surface area contributed by atoms with E-state index in [-0.39, 0.29) is 5.50 Å². The van der Waals surface area contributed by atoms with Crippen molar-refractivity contribution in [2.24, 2.45) is 5.92 Å². The van der Waals surface area contributed by atoms with E-state index in [4.69, 9.17) is 11.6 Å². The molecule has 0 heterocycles. The molecule has 2 heteroatoms. The van der Waals surface area contributed by atoms with Crippen LogP contribution in [0.25, 0.3) is 0 Å². The number of hydrogen-bond donors (Lipinski definition) is 0. The van der Waals surface area contributed by atoms with Crippen LogP contribution in [0.1, 0.15) is 6.42 Å². The zero-order chi connectivity index (χ0) is 6.85. The Balaban J connectivity index is 2.33. The smallest absolute Gasteiger partial charge is 0.0911 e. The molecule has 0 N–H and O–H groups in total. The molecule has 52 valence electrons. The standard InChI is InChI=1S/C7H12ClN/c1-9(2)7(8)6-4-3-5-6/h3-4,6-7H,5H2,1-2H3. The van der Waals surface area contributed by atoms with Crippen LogP contribution in [0.15, 0.2) is 12.2 Å². The molecule has 0 aromatic heterocycles. The molecule has 0 amide bonds. The molecule has 0 bridgehead atoms. The van der Waals surface area contributed by atoms with Crippen molar-refractivity contribution in [2.45, 2.75) is 11.9 Å². The molecule has 1 aliphatic carbocycles. The normalized spacial score (nSPS) is 28.2. The Hall–Kier alpha value is -0.0100. The first-order chi connectivity index (χ1) is 4.22. The first-order valence-corrected chi connectivity index (χ1v) is 3.62. The monoisotopic (exact) mass is 145 g/mol. The van der Waals surface area contributed by atoms with E-state index in [9.17, 15) is 0 Å². The Bertz CT molecular complexity index is 120. The van der Waals surface area contributed by atoms with Gasteiger partial charge in [0, 0.05) is 5.92 Å². The second kappa shape index (κ2) is 2.72. The maximum absolute atomic E-state index is 5.99. The fourth-order valence-electron chi connectivity index (χ4n) is 0.880. The Labute approximate surface area is 61.3 Å². The Morgan fingerprint density at radius 2 is 2.22 bits per heavy atom. The molecule has 0 saturated heterocycles. The van der Waals surface area contributed by atoms with E-state index < -0.39 is 0 Å². The highest BCUT2D eigenvalue weighted by Gasteiger charge is 2.21. The first kappa shape index (κ1) is 7.10. The lowest BCUT2D eigenvalue weighted by Gasteiger charge is -2.28. The molecule has 1 rings (SSSR count). The van der Waals surface area contributed by atoms with Gasteiger partial charge in [0.05, 0.1) is 5.50 Å². The summed E-state index contributed by atoms with van der Waals surface area (Å²) in [5, 5.41) is 0. The SMILES string of the molecule is CN(C)C(Cl)C1C=CC1. The van der Waals surface area contributed by atoms with Gasteiger partial charge in [-0.05, 0) is 20.5 Å². The number of allylic oxidation sites excluding steroid dienone is 1. The van der Waals surface area contributed by atoms with Crippen LogP contribution < -0.4 is 0 Å². The lowest BCUT2D eigenvalue weighted by molar-refractivity contribution is 0.308. The Morgan fingerprint density at radius 3 is 2.33 bits per heavy atom. The zero-order valence-corrected chi connectivity index (χ0v) is 6.60. The Morgan fingerprint density at radius 1 is 1.67 bits per heavy atom. The molecule has 0 fully saturated rings. The van der Waals surface area contributed by atoms with Crippen LogP contribution >= 0.6 is 11.6 Å². The lowest BCUT2D eigenvalue weighted by atomic mass is 9.95. The molecule has 1 nitrogen and oxygen atoms in total. The predicted molar refractivity (Wildman–Crippen MR) is 40.6 cm³/mol. The molecule has 0 saturated carbocycles. The van der Waals surface area contributed by atoms with Crippen molar-refractivity contribution < 1.29 is 0 Å². The Kier molecular flexibility index (Phi) is 2.14. The average molecular weight is 146 g/mol. The van der Waals surface area contributed by atoms with Gasteiger partial charge in [-0.3, -0.25) is 4.90 Å². The molecule has 9 heavy (non-hydrogen) atoms. The van der Waals surface area contributed by atoms with Crippen LogP contribution in [0.4, 0.5) is 0 Å². The molecule has 0 radical (unpaired) electrons. The fourth-order valence-corrected chi connectivity index (χ4v) is 1.07. The van der Waals surface area contributed by atoms with Crippen LogP contribution in [0.2, 0.25) is 0 Å². The van der Waals surface area contributed by atoms with E-state index >= 15 is 0 Å². The molecule has 0 spiro atoms. The number of nitrogens with zero attached hydrogens (tertiary/aromatic N) is 1. The van der Waals surface area contributed by atoms with Gasteiger partial charge < -0.3 is 0 Å². The van der Waals surface area contributed by atoms with Gasteiger partial charge in [-0.15, -0.1) is 11.6 Å². The quantitative estimate of drug-likeness (QED) is 0.325. The van der Waals surface area contributed by atoms with Crippen LogP contribution in [0, 0.1) is 5.92 Å². The van der Waals surface area contributed by atoms with E-state index in [0.717, 1.165) is 6.42 Å². The maximum Gasteiger partial charge on any atom is 0.0911 e. The third kappa shape index (κ3) is 1.46. The van der Waals surface area contributed by atoms with Crippen molar-refractivity contribution in [3.8, 4) is 0 Å². The van der Waals surface area contributed by atoms with Gasteiger partial charge in [0.25, 0.3) is 0 Å². The van der Waals surface area contributed by atoms with Crippen LogP contribution in [0.5, 0.6) is 0 Å². The molecule has 2 atom stereocenters. The highest BCUT2D eigenvalue weighted by atomic mass is 35.5. The van der Waals surface area contributed by atoms with Crippen LogP contribution in [0.3, 0.4) is 0 Å². The van der Waals surface area contributed by atoms with Gasteiger partial charge in [0.15, 0.2) is 0 Å². The molecular formula is C7H12ClN. The number of hydrogen-bond acceptors (Lipinski definition) is 1. The summed E-state index contributed by atoms with van der Waals surface area (Å²) in [5.41, 5.74) is 0.190. The summed E-state index contributed by atoms with van der Waals surface area (Å²) in [7, 11) is 4.01. The van der Waals surface area contributed by atoms with Gasteiger partial charge in [-0.25, -0.2) is 0 Å². The fraction of sp³-hybridized carbons (Fsp3) is 0.714. The third-order valence-electron chi connectivity index (χ3n) is 1.64. The van der Waals surface area contributed by atoms with Gasteiger partial charge in [-0.2, -0.15) is 0 Å².